The van der Waals surface area contributed by atoms with Crippen molar-refractivity contribution in [3.63, 3.8) is 0 Å². The van der Waals surface area contributed by atoms with E-state index in [0.29, 0.717) is 37.1 Å². The Morgan fingerprint density at radius 2 is 0.828 bits per heavy atom. The Balaban J connectivity index is 0.947. The SMILES string of the molecule is O=C(N[C@H]1CCCC[C@@H]1NC(=O)[C@H](Cc1ccccc1)CC(O)C[C@@H](Cc1ccccc1)C(=O)N[C@H]1CCCC[C@@H]1NC(=O)c1ccc2ccccc2n1)c1ccc2ccccc2n1. The summed E-state index contributed by atoms with van der Waals surface area (Å²) in [5.74, 6) is -2.13. The number of aliphatic hydroxyl groups excluding tert-OH is 1. The van der Waals surface area contributed by atoms with Crippen LogP contribution in [-0.4, -0.2) is 69.0 Å². The Hall–Kier alpha value is -6.46. The molecule has 2 aliphatic carbocycles. The molecule has 0 radical (unpaired) electrons. The number of carbonyl (C=O) groups is 4. The van der Waals surface area contributed by atoms with Gasteiger partial charge < -0.3 is 26.4 Å². The van der Waals surface area contributed by atoms with Crippen molar-refractivity contribution in [2.24, 2.45) is 11.8 Å². The van der Waals surface area contributed by atoms with E-state index in [-0.39, 0.29) is 60.6 Å². The van der Waals surface area contributed by atoms with Gasteiger partial charge in [-0.15, -0.1) is 0 Å². The van der Waals surface area contributed by atoms with Crippen molar-refractivity contribution < 1.29 is 24.3 Å². The highest BCUT2D eigenvalue weighted by atomic mass is 16.3. The van der Waals surface area contributed by atoms with Gasteiger partial charge in [0.05, 0.1) is 17.1 Å². The molecule has 5 N–H and O–H groups in total. The maximum Gasteiger partial charge on any atom is 0.270 e. The number of para-hydroxylation sites is 2. The monoisotopic (exact) mass is 858 g/mol. The number of carbonyl (C=O) groups excluding carboxylic acids is 4. The normalized spacial score (nSPS) is 19.7. The summed E-state index contributed by atoms with van der Waals surface area (Å²) < 4.78 is 0. The number of aliphatic hydroxyl groups is 1. The summed E-state index contributed by atoms with van der Waals surface area (Å²) in [5, 5.41) is 26.7. The van der Waals surface area contributed by atoms with Gasteiger partial charge in [-0.3, -0.25) is 19.2 Å². The fraction of sp³-hybridized carbons (Fsp3) is 0.358. The summed E-state index contributed by atoms with van der Waals surface area (Å²) in [6.45, 7) is 0. The zero-order valence-corrected chi connectivity index (χ0v) is 36.2. The summed E-state index contributed by atoms with van der Waals surface area (Å²) in [4.78, 5) is 65.0. The summed E-state index contributed by atoms with van der Waals surface area (Å²) >= 11 is 0. The number of rotatable bonds is 16. The van der Waals surface area contributed by atoms with Gasteiger partial charge in [0.25, 0.3) is 11.8 Å². The number of benzene rings is 4. The highest BCUT2D eigenvalue weighted by Gasteiger charge is 2.34. The van der Waals surface area contributed by atoms with Crippen LogP contribution in [0, 0.1) is 11.8 Å². The van der Waals surface area contributed by atoms with Crippen molar-refractivity contribution in [3.8, 4) is 0 Å². The van der Waals surface area contributed by atoms with E-state index in [2.05, 4.69) is 31.2 Å². The molecule has 4 amide bonds. The van der Waals surface area contributed by atoms with Crippen molar-refractivity contribution in [2.45, 2.75) is 107 Å². The number of hydrogen-bond donors (Lipinski definition) is 5. The lowest BCUT2D eigenvalue weighted by Crippen LogP contribution is -2.55. The Morgan fingerprint density at radius 3 is 1.23 bits per heavy atom. The first-order chi connectivity index (χ1) is 31.3. The van der Waals surface area contributed by atoms with Crippen LogP contribution >= 0.6 is 0 Å². The van der Waals surface area contributed by atoms with Gasteiger partial charge in [-0.05, 0) is 86.8 Å². The lowest BCUT2D eigenvalue weighted by atomic mass is 9.85. The van der Waals surface area contributed by atoms with Crippen molar-refractivity contribution in [2.75, 3.05) is 0 Å². The molecule has 4 aromatic carbocycles. The van der Waals surface area contributed by atoms with Crippen LogP contribution in [0.3, 0.4) is 0 Å². The zero-order valence-electron chi connectivity index (χ0n) is 36.2. The standard InChI is InChI=1S/C53H58N6O5/c60-41(33-39(31-35-15-3-1-4-16-35)50(61)56-44-23-11-13-25-46(44)58-52(63)48-29-27-37-19-7-9-21-42(37)54-48)34-40(32-36-17-5-2-6-18-36)51(62)57-45-24-12-14-26-47(45)59-53(64)49-30-28-38-20-8-10-22-43(38)55-49/h1-10,15-22,27-30,39-41,44-47,60H,11-14,23-26,31-34H2,(H,56,61)(H,57,62)(H,58,63)(H,59,64)/t39-,40-,44+,45+,46+,47+/m1/s1. The third-order valence-electron chi connectivity index (χ3n) is 13.0. The highest BCUT2D eigenvalue weighted by Crippen LogP contribution is 2.26. The summed E-state index contributed by atoms with van der Waals surface area (Å²) in [6, 6.07) is 41.0. The highest BCUT2D eigenvalue weighted by molar-refractivity contribution is 5.96. The Kier molecular flexibility index (Phi) is 14.7. The topological polar surface area (TPSA) is 162 Å². The van der Waals surface area contributed by atoms with Crippen molar-refractivity contribution in [1.29, 1.82) is 0 Å². The maximum atomic E-state index is 14.4. The Bertz CT molecular complexity index is 2360. The second-order valence-electron chi connectivity index (χ2n) is 17.6. The van der Waals surface area contributed by atoms with Crippen molar-refractivity contribution in [1.82, 2.24) is 31.2 Å². The molecule has 64 heavy (non-hydrogen) atoms. The number of hydrogen-bond acceptors (Lipinski definition) is 7. The van der Waals surface area contributed by atoms with Crippen LogP contribution in [0.5, 0.6) is 0 Å². The maximum absolute atomic E-state index is 14.4. The molecule has 2 aromatic heterocycles. The fourth-order valence-electron chi connectivity index (χ4n) is 9.54. The summed E-state index contributed by atoms with van der Waals surface area (Å²) in [7, 11) is 0. The van der Waals surface area contributed by atoms with Gasteiger partial charge >= 0.3 is 0 Å². The molecule has 2 fully saturated rings. The van der Waals surface area contributed by atoms with Gasteiger partial charge in [-0.1, -0.05) is 135 Å². The van der Waals surface area contributed by atoms with Gasteiger partial charge in [-0.2, -0.15) is 0 Å². The first-order valence-electron chi connectivity index (χ1n) is 23.0. The molecule has 2 heterocycles. The molecular formula is C53H58N6O5. The first-order valence-corrected chi connectivity index (χ1v) is 23.0. The van der Waals surface area contributed by atoms with E-state index in [1.54, 1.807) is 12.1 Å². The number of nitrogens with zero attached hydrogens (tertiary/aromatic N) is 2. The second-order valence-corrected chi connectivity index (χ2v) is 17.6. The second kappa shape index (κ2) is 21.3. The lowest BCUT2D eigenvalue weighted by Gasteiger charge is -2.34. The minimum absolute atomic E-state index is 0.144. The van der Waals surface area contributed by atoms with Crippen LogP contribution in [0.4, 0.5) is 0 Å². The average molecular weight is 859 g/mol. The van der Waals surface area contributed by atoms with E-state index in [4.69, 9.17) is 0 Å². The smallest absolute Gasteiger partial charge is 0.270 e. The number of nitrogens with one attached hydrogen (secondary N) is 4. The average Bonchev–Trinajstić information content (AvgIpc) is 3.32. The molecule has 2 saturated carbocycles. The number of aromatic nitrogens is 2. The van der Waals surface area contributed by atoms with Crippen LogP contribution in [-0.2, 0) is 22.4 Å². The largest absolute Gasteiger partial charge is 0.393 e. The van der Waals surface area contributed by atoms with Crippen LogP contribution < -0.4 is 21.3 Å². The summed E-state index contributed by atoms with van der Waals surface area (Å²) in [6.07, 6.45) is 6.67. The number of pyridine rings is 2. The number of fused-ring (bicyclic) bond motifs is 2. The van der Waals surface area contributed by atoms with Crippen LogP contribution in [0.25, 0.3) is 21.8 Å². The molecule has 11 heteroatoms. The van der Waals surface area contributed by atoms with Crippen molar-refractivity contribution >= 4 is 45.4 Å². The molecule has 330 valence electrons. The van der Waals surface area contributed by atoms with Gasteiger partial charge in [0.1, 0.15) is 11.4 Å². The third kappa shape index (κ3) is 11.6. The van der Waals surface area contributed by atoms with E-state index in [1.165, 1.54) is 0 Å². The number of amides is 4. The molecule has 0 bridgehead atoms. The van der Waals surface area contributed by atoms with Crippen molar-refractivity contribution in [3.05, 3.63) is 156 Å². The van der Waals surface area contributed by atoms with Gasteiger partial charge in [0.2, 0.25) is 11.8 Å². The van der Waals surface area contributed by atoms with Crippen LogP contribution in [0.2, 0.25) is 0 Å². The minimum Gasteiger partial charge on any atom is -0.393 e. The van der Waals surface area contributed by atoms with Crippen LogP contribution in [0.15, 0.2) is 133 Å². The molecule has 0 aliphatic heterocycles. The minimum atomic E-state index is -0.972. The van der Waals surface area contributed by atoms with Gasteiger partial charge in [-0.25, -0.2) is 9.97 Å². The Morgan fingerprint density at radius 1 is 0.469 bits per heavy atom. The van der Waals surface area contributed by atoms with E-state index in [1.807, 2.05) is 121 Å². The molecule has 0 unspecified atom stereocenters. The molecule has 6 aromatic rings. The molecule has 0 saturated heterocycles. The molecular weight excluding hydrogens is 801 g/mol. The first kappa shape index (κ1) is 44.2. The predicted molar refractivity (Wildman–Crippen MR) is 249 cm³/mol. The Labute approximate surface area is 374 Å². The van der Waals surface area contributed by atoms with E-state index >= 15 is 0 Å². The molecule has 11 nitrogen and oxygen atoms in total. The van der Waals surface area contributed by atoms with E-state index in [0.717, 1.165) is 71.5 Å². The summed E-state index contributed by atoms with van der Waals surface area (Å²) in [5.41, 5.74) is 4.08. The zero-order chi connectivity index (χ0) is 44.3. The molecule has 6 atom stereocenters. The van der Waals surface area contributed by atoms with Gasteiger partial charge in [0.15, 0.2) is 0 Å². The third-order valence-corrected chi connectivity index (χ3v) is 13.0. The molecule has 0 spiro atoms. The van der Waals surface area contributed by atoms with Crippen LogP contribution in [0.1, 0.15) is 96.3 Å². The lowest BCUT2D eigenvalue weighted by molar-refractivity contribution is -0.128. The van der Waals surface area contributed by atoms with Gasteiger partial charge in [0, 0.05) is 46.8 Å². The quantitative estimate of drug-likeness (QED) is 0.0668. The molecule has 2 aliphatic rings. The molecule has 8 rings (SSSR count). The fourth-order valence-corrected chi connectivity index (χ4v) is 9.54. The van der Waals surface area contributed by atoms with E-state index in [9.17, 15) is 24.3 Å². The predicted octanol–water partition coefficient (Wildman–Crippen LogP) is 7.66. The van der Waals surface area contributed by atoms with E-state index < -0.39 is 17.9 Å².